The fraction of sp³-hybridized carbons (Fsp3) is 0. The second kappa shape index (κ2) is 8.12. The Morgan fingerprint density at radius 2 is 1.96 bits per heavy atom. The third kappa shape index (κ3) is 4.30. The predicted molar refractivity (Wildman–Crippen MR) is 104 cm³/mol. The standard InChI is InChI=1S/C18H11Cl2N3O5/c19-10-1-4-15(20)13(7-10)17-6-3-12(28-17)9-21-22-18(25)14-8-11(23(26)27)2-5-16(14)24/h1-9,24H,(H,22,25)/b21-9-. The van der Waals surface area contributed by atoms with Crippen LogP contribution in [0.1, 0.15) is 16.1 Å². The number of halogens is 2. The molecule has 0 aliphatic carbocycles. The number of phenolic OH excluding ortho intramolecular Hbond substituents is 1. The number of furan rings is 1. The maximum absolute atomic E-state index is 12.1. The minimum absolute atomic E-state index is 0.280. The Hall–Kier alpha value is -3.36. The van der Waals surface area contributed by atoms with Crippen LogP contribution < -0.4 is 5.43 Å². The number of nitro benzene ring substituents is 1. The summed E-state index contributed by atoms with van der Waals surface area (Å²) in [5.74, 6) is -0.456. The molecule has 3 rings (SSSR count). The number of amides is 1. The third-order valence-electron chi connectivity index (χ3n) is 3.61. The predicted octanol–water partition coefficient (Wildman–Crippen LogP) is 4.63. The number of benzene rings is 2. The first-order chi connectivity index (χ1) is 13.3. The van der Waals surface area contributed by atoms with Crippen molar-refractivity contribution in [1.82, 2.24) is 5.43 Å². The molecule has 0 saturated carbocycles. The molecular formula is C18H11Cl2N3O5. The Labute approximate surface area is 168 Å². The lowest BCUT2D eigenvalue weighted by molar-refractivity contribution is -0.384. The van der Waals surface area contributed by atoms with Gasteiger partial charge >= 0.3 is 0 Å². The highest BCUT2D eigenvalue weighted by atomic mass is 35.5. The summed E-state index contributed by atoms with van der Waals surface area (Å²) in [6, 6.07) is 11.3. The van der Waals surface area contributed by atoms with Crippen molar-refractivity contribution in [3.63, 3.8) is 0 Å². The van der Waals surface area contributed by atoms with E-state index in [9.17, 15) is 20.0 Å². The van der Waals surface area contributed by atoms with Gasteiger partial charge in [-0.2, -0.15) is 5.10 Å². The van der Waals surface area contributed by atoms with Gasteiger partial charge in [-0.1, -0.05) is 23.2 Å². The third-order valence-corrected chi connectivity index (χ3v) is 4.18. The average Bonchev–Trinajstić information content (AvgIpc) is 3.12. The van der Waals surface area contributed by atoms with E-state index in [0.717, 1.165) is 18.2 Å². The number of phenols is 1. The van der Waals surface area contributed by atoms with E-state index in [1.807, 2.05) is 0 Å². The molecule has 8 nitrogen and oxygen atoms in total. The molecule has 28 heavy (non-hydrogen) atoms. The lowest BCUT2D eigenvalue weighted by Crippen LogP contribution is -2.17. The van der Waals surface area contributed by atoms with E-state index in [4.69, 9.17) is 27.6 Å². The van der Waals surface area contributed by atoms with Crippen molar-refractivity contribution in [1.29, 1.82) is 0 Å². The molecule has 142 valence electrons. The number of hydrogen-bond donors (Lipinski definition) is 2. The summed E-state index contributed by atoms with van der Waals surface area (Å²) < 4.78 is 5.58. The molecule has 0 bridgehead atoms. The van der Waals surface area contributed by atoms with Gasteiger partial charge in [0, 0.05) is 22.7 Å². The second-order valence-electron chi connectivity index (χ2n) is 5.48. The van der Waals surface area contributed by atoms with Crippen molar-refractivity contribution in [2.45, 2.75) is 0 Å². The van der Waals surface area contributed by atoms with Crippen LogP contribution in [0.3, 0.4) is 0 Å². The van der Waals surface area contributed by atoms with E-state index in [2.05, 4.69) is 10.5 Å². The number of hydrazone groups is 1. The van der Waals surface area contributed by atoms with Gasteiger partial charge in [-0.3, -0.25) is 14.9 Å². The van der Waals surface area contributed by atoms with Gasteiger partial charge in [0.05, 0.1) is 21.7 Å². The first-order valence-electron chi connectivity index (χ1n) is 7.71. The molecule has 0 aliphatic heterocycles. The number of carbonyl (C=O) groups excluding carboxylic acids is 1. The topological polar surface area (TPSA) is 118 Å². The normalized spacial score (nSPS) is 10.9. The first kappa shape index (κ1) is 19.4. The Bertz CT molecular complexity index is 1090. The van der Waals surface area contributed by atoms with Gasteiger partial charge in [-0.15, -0.1) is 0 Å². The molecule has 1 amide bonds. The molecule has 0 atom stereocenters. The van der Waals surface area contributed by atoms with Crippen molar-refractivity contribution in [2.75, 3.05) is 0 Å². The molecular weight excluding hydrogens is 409 g/mol. The van der Waals surface area contributed by atoms with Crippen molar-refractivity contribution in [3.8, 4) is 17.1 Å². The maximum atomic E-state index is 12.1. The molecule has 1 aromatic heterocycles. The first-order valence-corrected chi connectivity index (χ1v) is 8.47. The molecule has 10 heteroatoms. The SMILES string of the molecule is O=C(N/N=C\c1ccc(-c2cc(Cl)ccc2Cl)o1)c1cc([N+](=O)[O-])ccc1O. The second-order valence-corrected chi connectivity index (χ2v) is 6.33. The fourth-order valence-electron chi connectivity index (χ4n) is 2.29. The van der Waals surface area contributed by atoms with Crippen molar-refractivity contribution in [2.24, 2.45) is 5.10 Å². The number of non-ortho nitro benzene ring substituents is 1. The summed E-state index contributed by atoms with van der Waals surface area (Å²) in [6.07, 6.45) is 1.23. The number of rotatable bonds is 5. The molecule has 1 heterocycles. The highest BCUT2D eigenvalue weighted by Crippen LogP contribution is 2.31. The molecule has 0 spiro atoms. The highest BCUT2D eigenvalue weighted by molar-refractivity contribution is 6.35. The van der Waals surface area contributed by atoms with Crippen molar-refractivity contribution < 1.29 is 19.2 Å². The van der Waals surface area contributed by atoms with Crippen molar-refractivity contribution >= 4 is 41.0 Å². The van der Waals surface area contributed by atoms with E-state index in [1.54, 1.807) is 30.3 Å². The Kier molecular flexibility index (Phi) is 5.62. The summed E-state index contributed by atoms with van der Waals surface area (Å²) in [7, 11) is 0. The quantitative estimate of drug-likeness (QED) is 0.355. The van der Waals surface area contributed by atoms with Crippen LogP contribution in [0, 0.1) is 10.1 Å². The van der Waals surface area contributed by atoms with Gasteiger partial charge in [0.15, 0.2) is 0 Å². The van der Waals surface area contributed by atoms with Crippen LogP contribution in [0.2, 0.25) is 10.0 Å². The molecule has 2 N–H and O–H groups in total. The smallest absolute Gasteiger partial charge is 0.275 e. The van der Waals surface area contributed by atoms with Gasteiger partial charge in [-0.05, 0) is 36.4 Å². The van der Waals surface area contributed by atoms with Gasteiger partial charge in [0.25, 0.3) is 11.6 Å². The van der Waals surface area contributed by atoms with Gasteiger partial charge in [0.1, 0.15) is 17.3 Å². The summed E-state index contributed by atoms with van der Waals surface area (Å²) >= 11 is 12.1. The Balaban J connectivity index is 1.73. The van der Waals surface area contributed by atoms with Crippen LogP contribution in [-0.2, 0) is 0 Å². The minimum atomic E-state index is -0.817. The zero-order chi connectivity index (χ0) is 20.3. The van der Waals surface area contributed by atoms with E-state index >= 15 is 0 Å². The van der Waals surface area contributed by atoms with E-state index in [1.165, 1.54) is 6.21 Å². The van der Waals surface area contributed by atoms with Gasteiger partial charge in [0.2, 0.25) is 0 Å². The number of aromatic hydroxyl groups is 1. The monoisotopic (exact) mass is 419 g/mol. The largest absolute Gasteiger partial charge is 0.507 e. The van der Waals surface area contributed by atoms with Crippen LogP contribution in [0.5, 0.6) is 5.75 Å². The zero-order valence-electron chi connectivity index (χ0n) is 13.9. The van der Waals surface area contributed by atoms with Crippen molar-refractivity contribution in [3.05, 3.63) is 80.0 Å². The molecule has 0 aliphatic rings. The minimum Gasteiger partial charge on any atom is -0.507 e. The molecule has 0 saturated heterocycles. The molecule has 0 radical (unpaired) electrons. The molecule has 2 aromatic carbocycles. The van der Waals surface area contributed by atoms with Crippen LogP contribution in [-0.4, -0.2) is 22.2 Å². The van der Waals surface area contributed by atoms with Crippen LogP contribution >= 0.6 is 23.2 Å². The van der Waals surface area contributed by atoms with E-state index in [0.29, 0.717) is 27.1 Å². The summed E-state index contributed by atoms with van der Waals surface area (Å²) in [5.41, 5.74) is 2.15. The van der Waals surface area contributed by atoms with E-state index < -0.39 is 16.6 Å². The fourth-order valence-corrected chi connectivity index (χ4v) is 2.67. The summed E-state index contributed by atoms with van der Waals surface area (Å²) in [4.78, 5) is 22.2. The summed E-state index contributed by atoms with van der Waals surface area (Å²) in [5, 5.41) is 25.2. The zero-order valence-corrected chi connectivity index (χ0v) is 15.4. The molecule has 0 unspecified atom stereocenters. The number of nitro groups is 1. The van der Waals surface area contributed by atoms with Gasteiger partial charge in [-0.25, -0.2) is 5.43 Å². The highest BCUT2D eigenvalue weighted by Gasteiger charge is 2.16. The van der Waals surface area contributed by atoms with Crippen LogP contribution in [0.25, 0.3) is 11.3 Å². The van der Waals surface area contributed by atoms with Crippen LogP contribution in [0.15, 0.2) is 58.0 Å². The van der Waals surface area contributed by atoms with Crippen LogP contribution in [0.4, 0.5) is 5.69 Å². The number of carbonyl (C=O) groups is 1. The molecule has 0 fully saturated rings. The number of hydrogen-bond acceptors (Lipinski definition) is 6. The Morgan fingerprint density at radius 3 is 2.71 bits per heavy atom. The van der Waals surface area contributed by atoms with E-state index in [-0.39, 0.29) is 11.3 Å². The molecule has 3 aromatic rings. The average molecular weight is 420 g/mol. The Morgan fingerprint density at radius 1 is 1.18 bits per heavy atom. The maximum Gasteiger partial charge on any atom is 0.275 e. The lowest BCUT2D eigenvalue weighted by Gasteiger charge is -2.02. The lowest BCUT2D eigenvalue weighted by atomic mass is 10.1. The number of nitrogens with one attached hydrogen (secondary N) is 1. The summed E-state index contributed by atoms with van der Waals surface area (Å²) in [6.45, 7) is 0. The number of nitrogens with zero attached hydrogens (tertiary/aromatic N) is 2. The van der Waals surface area contributed by atoms with Gasteiger partial charge < -0.3 is 9.52 Å².